The molecule has 0 unspecified atom stereocenters. The van der Waals surface area contributed by atoms with E-state index in [1.807, 2.05) is 19.9 Å². The summed E-state index contributed by atoms with van der Waals surface area (Å²) in [6.07, 6.45) is 1.41. The van der Waals surface area contributed by atoms with Crippen molar-refractivity contribution in [1.29, 1.82) is 0 Å². The fraction of sp³-hybridized carbons (Fsp3) is 0.263. The number of aromatic nitrogens is 3. The van der Waals surface area contributed by atoms with Gasteiger partial charge in [0.25, 0.3) is 16.0 Å². The van der Waals surface area contributed by atoms with Crippen LogP contribution < -0.4 is 4.72 Å². The molecular weight excluding hydrogens is 367 g/mol. The number of hydrogen-bond acceptors (Lipinski definition) is 4. The van der Waals surface area contributed by atoms with Crippen molar-refractivity contribution in [1.82, 2.24) is 14.8 Å². The topological polar surface area (TPSA) is 76.9 Å². The first kappa shape index (κ1) is 19.0. The average Bonchev–Trinajstić information content (AvgIpc) is 2.99. The van der Waals surface area contributed by atoms with Gasteiger partial charge in [0.1, 0.15) is 12.1 Å². The Kier molecular flexibility index (Phi) is 5.01. The molecule has 0 saturated heterocycles. The number of aryl methyl sites for hydroxylation is 2. The Morgan fingerprint density at radius 1 is 1.07 bits per heavy atom. The molecule has 27 heavy (non-hydrogen) atoms. The van der Waals surface area contributed by atoms with E-state index in [0.717, 1.165) is 11.1 Å². The van der Waals surface area contributed by atoms with Gasteiger partial charge in [-0.25, -0.2) is 22.2 Å². The Bertz CT molecular complexity index is 1080. The van der Waals surface area contributed by atoms with E-state index in [1.54, 1.807) is 26.0 Å². The van der Waals surface area contributed by atoms with Gasteiger partial charge in [0.2, 0.25) is 0 Å². The minimum Gasteiger partial charge on any atom is -0.246 e. The molecule has 0 bridgehead atoms. The number of hydrogen-bond donors (Lipinski definition) is 1. The molecule has 3 aromatic rings. The highest BCUT2D eigenvalue weighted by Gasteiger charge is 2.23. The van der Waals surface area contributed by atoms with Crippen LogP contribution in [-0.2, 0) is 16.6 Å². The largest absolute Gasteiger partial charge is 0.264 e. The summed E-state index contributed by atoms with van der Waals surface area (Å²) in [5, 5.41) is 4.14. The van der Waals surface area contributed by atoms with E-state index in [4.69, 9.17) is 0 Å². The molecule has 0 spiro atoms. The van der Waals surface area contributed by atoms with E-state index in [9.17, 15) is 12.8 Å². The molecular formula is C19H21FN4O2S. The summed E-state index contributed by atoms with van der Waals surface area (Å²) in [6, 6.07) is 8.09. The molecule has 142 valence electrons. The van der Waals surface area contributed by atoms with Crippen molar-refractivity contribution in [2.45, 2.75) is 39.1 Å². The lowest BCUT2D eigenvalue weighted by Crippen LogP contribution is -2.18. The second kappa shape index (κ2) is 7.11. The maximum Gasteiger partial charge on any atom is 0.264 e. The van der Waals surface area contributed by atoms with Crippen LogP contribution in [0.25, 0.3) is 0 Å². The summed E-state index contributed by atoms with van der Waals surface area (Å²) in [5.41, 5.74) is 3.91. The number of nitrogens with zero attached hydrogens (tertiary/aromatic N) is 3. The number of rotatable bonds is 5. The van der Waals surface area contributed by atoms with Gasteiger partial charge in [-0.15, -0.1) is 5.10 Å². The Morgan fingerprint density at radius 3 is 2.37 bits per heavy atom. The van der Waals surface area contributed by atoms with E-state index in [2.05, 4.69) is 14.8 Å². The zero-order chi connectivity index (χ0) is 19.8. The Hall–Kier alpha value is -2.74. The molecule has 1 heterocycles. The van der Waals surface area contributed by atoms with Crippen LogP contribution in [0.15, 0.2) is 41.6 Å². The summed E-state index contributed by atoms with van der Waals surface area (Å²) < 4.78 is 43.0. The van der Waals surface area contributed by atoms with Crippen molar-refractivity contribution >= 4 is 16.0 Å². The van der Waals surface area contributed by atoms with Gasteiger partial charge >= 0.3 is 0 Å². The van der Waals surface area contributed by atoms with E-state index >= 15 is 0 Å². The van der Waals surface area contributed by atoms with Gasteiger partial charge in [-0.1, -0.05) is 18.2 Å². The molecule has 0 atom stereocenters. The summed E-state index contributed by atoms with van der Waals surface area (Å²) >= 11 is 0. The normalized spacial score (nSPS) is 11.6. The number of anilines is 1. The number of halogens is 1. The van der Waals surface area contributed by atoms with Crippen molar-refractivity contribution in [3.63, 3.8) is 0 Å². The van der Waals surface area contributed by atoms with Crippen LogP contribution in [-0.4, -0.2) is 23.2 Å². The van der Waals surface area contributed by atoms with Gasteiger partial charge in [-0.05, 0) is 67.6 Å². The van der Waals surface area contributed by atoms with E-state index in [-0.39, 0.29) is 23.2 Å². The first-order chi connectivity index (χ1) is 12.7. The lowest BCUT2D eigenvalue weighted by molar-refractivity contribution is 0.599. The fourth-order valence-corrected chi connectivity index (χ4v) is 4.56. The molecule has 0 fully saturated rings. The standard InChI is InChI=1S/C19H21FN4O2S/c1-12-8-13(2)15(4)18(14(12)3)27(25,26)23-19-21-11-24(22-19)10-16-6-5-7-17(20)9-16/h5-9,11H,10H2,1-4H3,(H,22,23). The van der Waals surface area contributed by atoms with E-state index < -0.39 is 10.0 Å². The first-order valence-corrected chi connectivity index (χ1v) is 9.90. The molecule has 6 nitrogen and oxygen atoms in total. The molecule has 1 N–H and O–H groups in total. The van der Waals surface area contributed by atoms with Crippen LogP contribution in [0.2, 0.25) is 0 Å². The quantitative estimate of drug-likeness (QED) is 0.726. The van der Waals surface area contributed by atoms with Crippen molar-refractivity contribution in [2.24, 2.45) is 0 Å². The summed E-state index contributed by atoms with van der Waals surface area (Å²) in [7, 11) is -3.83. The van der Waals surface area contributed by atoms with E-state index in [1.165, 1.54) is 23.1 Å². The maximum absolute atomic E-state index is 13.3. The van der Waals surface area contributed by atoms with Gasteiger partial charge < -0.3 is 0 Å². The Balaban J connectivity index is 1.87. The molecule has 2 aromatic carbocycles. The van der Waals surface area contributed by atoms with Crippen molar-refractivity contribution in [3.8, 4) is 0 Å². The number of benzene rings is 2. The molecule has 1 aromatic heterocycles. The summed E-state index contributed by atoms with van der Waals surface area (Å²) in [4.78, 5) is 4.27. The Morgan fingerprint density at radius 2 is 1.74 bits per heavy atom. The summed E-state index contributed by atoms with van der Waals surface area (Å²) in [5.74, 6) is -0.362. The van der Waals surface area contributed by atoms with E-state index in [0.29, 0.717) is 16.7 Å². The fourth-order valence-electron chi connectivity index (χ4n) is 2.99. The van der Waals surface area contributed by atoms with Gasteiger partial charge in [-0.2, -0.15) is 4.98 Å². The maximum atomic E-state index is 13.3. The second-order valence-corrected chi connectivity index (χ2v) is 8.21. The van der Waals surface area contributed by atoms with Crippen LogP contribution >= 0.6 is 0 Å². The van der Waals surface area contributed by atoms with Crippen LogP contribution in [0.3, 0.4) is 0 Å². The third kappa shape index (κ3) is 4.00. The molecule has 0 aliphatic rings. The molecule has 0 aliphatic heterocycles. The minimum absolute atomic E-state index is 0.0237. The van der Waals surface area contributed by atoms with Crippen LogP contribution in [0, 0.1) is 33.5 Å². The average molecular weight is 388 g/mol. The lowest BCUT2D eigenvalue weighted by Gasteiger charge is -2.15. The predicted octanol–water partition coefficient (Wildman–Crippen LogP) is 3.50. The highest BCUT2D eigenvalue weighted by Crippen LogP contribution is 2.27. The number of nitrogens with one attached hydrogen (secondary N) is 1. The van der Waals surface area contributed by atoms with Gasteiger partial charge in [0, 0.05) is 0 Å². The highest BCUT2D eigenvalue weighted by atomic mass is 32.2. The van der Waals surface area contributed by atoms with Crippen molar-refractivity contribution < 1.29 is 12.8 Å². The number of sulfonamides is 1. The van der Waals surface area contributed by atoms with Gasteiger partial charge in [0.15, 0.2) is 0 Å². The molecule has 0 saturated carbocycles. The second-order valence-electron chi connectivity index (χ2n) is 6.59. The highest BCUT2D eigenvalue weighted by molar-refractivity contribution is 7.92. The molecule has 0 amide bonds. The van der Waals surface area contributed by atoms with Gasteiger partial charge in [0.05, 0.1) is 11.4 Å². The van der Waals surface area contributed by atoms with Gasteiger partial charge in [-0.3, -0.25) is 0 Å². The molecule has 8 heteroatoms. The monoisotopic (exact) mass is 388 g/mol. The van der Waals surface area contributed by atoms with Crippen LogP contribution in [0.4, 0.5) is 10.3 Å². The predicted molar refractivity (Wildman–Crippen MR) is 102 cm³/mol. The third-order valence-corrected chi connectivity index (χ3v) is 6.16. The van der Waals surface area contributed by atoms with Crippen molar-refractivity contribution in [3.05, 3.63) is 70.3 Å². The van der Waals surface area contributed by atoms with Crippen LogP contribution in [0.5, 0.6) is 0 Å². The molecule has 0 aliphatic carbocycles. The smallest absolute Gasteiger partial charge is 0.246 e. The first-order valence-electron chi connectivity index (χ1n) is 8.41. The third-order valence-electron chi connectivity index (χ3n) is 4.56. The SMILES string of the molecule is Cc1cc(C)c(C)c(S(=O)(=O)Nc2ncn(Cc3cccc(F)c3)n2)c1C. The minimum atomic E-state index is -3.83. The lowest BCUT2D eigenvalue weighted by atomic mass is 10.0. The molecule has 0 radical (unpaired) electrons. The zero-order valence-electron chi connectivity index (χ0n) is 15.6. The zero-order valence-corrected chi connectivity index (χ0v) is 16.4. The molecule has 3 rings (SSSR count). The van der Waals surface area contributed by atoms with Crippen molar-refractivity contribution in [2.75, 3.05) is 4.72 Å². The Labute approximate surface area is 158 Å². The van der Waals surface area contributed by atoms with Crippen LogP contribution in [0.1, 0.15) is 27.8 Å². The summed E-state index contributed by atoms with van der Waals surface area (Å²) in [6.45, 7) is 7.62.